The Morgan fingerprint density at radius 1 is 1.63 bits per heavy atom. The van der Waals surface area contributed by atoms with Crippen LogP contribution in [0.5, 0.6) is 0 Å². The second-order valence-corrected chi connectivity index (χ2v) is 4.73. The maximum Gasteiger partial charge on any atom is 0.339 e. The van der Waals surface area contributed by atoms with E-state index in [1.165, 1.54) is 16.9 Å². The maximum atomic E-state index is 11.3. The van der Waals surface area contributed by atoms with Crippen molar-refractivity contribution >= 4 is 28.9 Å². The summed E-state index contributed by atoms with van der Waals surface area (Å²) >= 11 is 5.86. The normalized spacial score (nSPS) is 15.5. The number of likely N-dealkylation sites (N-methyl/N-ethyl adjacent to an activating group) is 1. The number of nitrogens with zero attached hydrogens (tertiary/aromatic N) is 4. The zero-order chi connectivity index (χ0) is 13.6. The fraction of sp³-hybridized carbons (Fsp3) is 0.364. The minimum Gasteiger partial charge on any atom is -0.478 e. The summed E-state index contributed by atoms with van der Waals surface area (Å²) in [6, 6.07) is 0.139. The number of carboxylic acids is 1. The number of rotatable bonds is 3. The number of anilines is 1. The molecule has 7 nitrogen and oxygen atoms in total. The minimum absolute atomic E-state index is 0.101. The summed E-state index contributed by atoms with van der Waals surface area (Å²) in [5, 5.41) is 13.6. The maximum absolute atomic E-state index is 11.3. The molecule has 1 saturated heterocycles. The number of aromatic carboxylic acids is 1. The molecule has 2 aromatic heterocycles. The summed E-state index contributed by atoms with van der Waals surface area (Å²) in [7, 11) is 1.82. The van der Waals surface area contributed by atoms with E-state index in [1.54, 1.807) is 0 Å². The van der Waals surface area contributed by atoms with Crippen molar-refractivity contribution < 1.29 is 14.6 Å². The Labute approximate surface area is 113 Å². The lowest BCUT2D eigenvalue weighted by atomic mass is 10.1. The summed E-state index contributed by atoms with van der Waals surface area (Å²) in [6.45, 7) is 1.14. The van der Waals surface area contributed by atoms with Crippen LogP contribution in [0.2, 0.25) is 5.15 Å². The number of carboxylic acid groups (broad SMARTS) is 1. The summed E-state index contributed by atoms with van der Waals surface area (Å²) < 4.78 is 6.61. The molecule has 1 N–H and O–H groups in total. The van der Waals surface area contributed by atoms with E-state index in [-0.39, 0.29) is 16.8 Å². The lowest BCUT2D eigenvalue weighted by Gasteiger charge is -2.36. The SMILES string of the molecule is CN(c1c(C(=O)O)cnn2cc(Cl)nc12)C1COC1. The number of halogens is 1. The topological polar surface area (TPSA) is 80.0 Å². The molecular formula is C11H11ClN4O3. The van der Waals surface area contributed by atoms with Crippen molar-refractivity contribution in [1.29, 1.82) is 0 Å². The van der Waals surface area contributed by atoms with E-state index >= 15 is 0 Å². The molecule has 0 unspecified atom stereocenters. The average molecular weight is 283 g/mol. The molecule has 100 valence electrons. The molecule has 0 atom stereocenters. The van der Waals surface area contributed by atoms with E-state index in [2.05, 4.69) is 10.1 Å². The fourth-order valence-electron chi connectivity index (χ4n) is 2.03. The average Bonchev–Trinajstić information content (AvgIpc) is 2.64. The van der Waals surface area contributed by atoms with Crippen LogP contribution in [0.25, 0.3) is 5.65 Å². The molecule has 0 amide bonds. The number of fused-ring (bicyclic) bond motifs is 1. The number of hydrogen-bond acceptors (Lipinski definition) is 5. The Morgan fingerprint density at radius 3 is 2.95 bits per heavy atom. The van der Waals surface area contributed by atoms with E-state index in [4.69, 9.17) is 16.3 Å². The third-order valence-corrected chi connectivity index (χ3v) is 3.37. The van der Waals surface area contributed by atoms with Gasteiger partial charge in [0.15, 0.2) is 5.65 Å². The Bertz CT molecular complexity index is 653. The molecule has 19 heavy (non-hydrogen) atoms. The highest BCUT2D eigenvalue weighted by Crippen LogP contribution is 2.28. The number of carbonyl (C=O) groups is 1. The summed E-state index contributed by atoms with van der Waals surface area (Å²) in [5.74, 6) is -1.05. The third-order valence-electron chi connectivity index (χ3n) is 3.19. The van der Waals surface area contributed by atoms with E-state index in [0.29, 0.717) is 24.5 Å². The predicted octanol–water partition coefficient (Wildman–Crippen LogP) is 0.916. The van der Waals surface area contributed by atoms with Gasteiger partial charge in [0, 0.05) is 7.05 Å². The quantitative estimate of drug-likeness (QED) is 0.901. The smallest absolute Gasteiger partial charge is 0.339 e. The highest BCUT2D eigenvalue weighted by Gasteiger charge is 2.29. The van der Waals surface area contributed by atoms with Crippen LogP contribution in [0.4, 0.5) is 5.69 Å². The van der Waals surface area contributed by atoms with Gasteiger partial charge in [0.2, 0.25) is 0 Å². The Kier molecular flexibility index (Phi) is 2.79. The third kappa shape index (κ3) is 1.91. The largest absolute Gasteiger partial charge is 0.478 e. The van der Waals surface area contributed by atoms with Gasteiger partial charge in [-0.3, -0.25) is 0 Å². The standard InChI is InChI=1S/C11H11ClN4O3/c1-15(6-4-19-5-6)9-7(11(17)18)2-13-16-3-8(12)14-10(9)16/h2-3,6H,4-5H2,1H3,(H,17,18). The summed E-state index contributed by atoms with van der Waals surface area (Å²) in [6.07, 6.45) is 2.84. The highest BCUT2D eigenvalue weighted by molar-refractivity contribution is 6.29. The van der Waals surface area contributed by atoms with Crippen molar-refractivity contribution in [2.24, 2.45) is 0 Å². The van der Waals surface area contributed by atoms with E-state index < -0.39 is 5.97 Å². The van der Waals surface area contributed by atoms with Gasteiger partial charge >= 0.3 is 5.97 Å². The predicted molar refractivity (Wildman–Crippen MR) is 68.0 cm³/mol. The molecule has 2 aromatic rings. The van der Waals surface area contributed by atoms with E-state index in [1.807, 2.05) is 11.9 Å². The zero-order valence-corrected chi connectivity index (χ0v) is 10.8. The van der Waals surface area contributed by atoms with Crippen LogP contribution in [-0.2, 0) is 4.74 Å². The van der Waals surface area contributed by atoms with Gasteiger partial charge in [-0.25, -0.2) is 14.3 Å². The van der Waals surface area contributed by atoms with Crippen LogP contribution >= 0.6 is 11.6 Å². The lowest BCUT2D eigenvalue weighted by Crippen LogP contribution is -2.47. The van der Waals surface area contributed by atoms with Crippen LogP contribution in [0.1, 0.15) is 10.4 Å². The lowest BCUT2D eigenvalue weighted by molar-refractivity contribution is 0.0101. The van der Waals surface area contributed by atoms with E-state index in [9.17, 15) is 9.90 Å². The van der Waals surface area contributed by atoms with Crippen molar-refractivity contribution in [3.63, 3.8) is 0 Å². The molecule has 1 aliphatic heterocycles. The van der Waals surface area contributed by atoms with E-state index in [0.717, 1.165) is 0 Å². The number of imidazole rings is 1. The van der Waals surface area contributed by atoms with Crippen LogP contribution in [-0.4, -0.2) is 52.0 Å². The van der Waals surface area contributed by atoms with Gasteiger partial charge in [0.1, 0.15) is 10.7 Å². The Hall–Kier alpha value is -1.86. The van der Waals surface area contributed by atoms with Crippen molar-refractivity contribution in [1.82, 2.24) is 14.6 Å². The Morgan fingerprint density at radius 2 is 2.37 bits per heavy atom. The van der Waals surface area contributed by atoms with Gasteiger partial charge in [-0.2, -0.15) is 5.10 Å². The molecule has 3 heterocycles. The molecule has 1 aliphatic rings. The molecule has 1 fully saturated rings. The van der Waals surface area contributed by atoms with Crippen LogP contribution in [0, 0.1) is 0 Å². The van der Waals surface area contributed by atoms with Crippen LogP contribution < -0.4 is 4.90 Å². The van der Waals surface area contributed by atoms with Crippen LogP contribution in [0.3, 0.4) is 0 Å². The van der Waals surface area contributed by atoms with Gasteiger partial charge < -0.3 is 14.7 Å². The molecule has 0 radical (unpaired) electrons. The molecule has 0 aliphatic carbocycles. The van der Waals surface area contributed by atoms with Crippen molar-refractivity contribution in [2.45, 2.75) is 6.04 Å². The van der Waals surface area contributed by atoms with Gasteiger partial charge in [0.05, 0.1) is 37.3 Å². The first-order valence-electron chi connectivity index (χ1n) is 5.65. The second-order valence-electron chi connectivity index (χ2n) is 4.35. The monoisotopic (exact) mass is 282 g/mol. The van der Waals surface area contributed by atoms with Crippen LogP contribution in [0.15, 0.2) is 12.4 Å². The number of ether oxygens (including phenoxy) is 1. The van der Waals surface area contributed by atoms with Crippen molar-refractivity contribution in [3.8, 4) is 0 Å². The minimum atomic E-state index is -1.05. The van der Waals surface area contributed by atoms with Gasteiger partial charge in [-0.15, -0.1) is 0 Å². The fourth-order valence-corrected chi connectivity index (χ4v) is 2.20. The number of aromatic nitrogens is 3. The molecule has 0 spiro atoms. The molecule has 0 saturated carbocycles. The molecule has 3 rings (SSSR count). The van der Waals surface area contributed by atoms with Gasteiger partial charge in [-0.05, 0) is 0 Å². The first kappa shape index (κ1) is 12.2. The molecule has 8 heteroatoms. The van der Waals surface area contributed by atoms with Gasteiger partial charge in [0.25, 0.3) is 0 Å². The summed E-state index contributed by atoms with van der Waals surface area (Å²) in [4.78, 5) is 17.3. The first-order valence-corrected chi connectivity index (χ1v) is 6.03. The van der Waals surface area contributed by atoms with Crippen molar-refractivity contribution in [3.05, 3.63) is 23.1 Å². The second kappa shape index (κ2) is 4.36. The zero-order valence-electron chi connectivity index (χ0n) is 10.1. The molecule has 0 bridgehead atoms. The van der Waals surface area contributed by atoms with Gasteiger partial charge in [-0.1, -0.05) is 11.6 Å². The molecule has 0 aromatic carbocycles. The van der Waals surface area contributed by atoms with Crippen molar-refractivity contribution in [2.75, 3.05) is 25.2 Å². The number of hydrogen-bond donors (Lipinski definition) is 1. The Balaban J connectivity index is 2.21. The first-order chi connectivity index (χ1) is 9.08. The summed E-state index contributed by atoms with van der Waals surface area (Å²) in [5.41, 5.74) is 1.03. The molecular weight excluding hydrogens is 272 g/mol. The highest BCUT2D eigenvalue weighted by atomic mass is 35.5.